The molecule has 1 fully saturated rings. The summed E-state index contributed by atoms with van der Waals surface area (Å²) in [5, 5.41) is 12.1. The minimum Gasteiger partial charge on any atom is -0.478 e. The minimum absolute atomic E-state index is 0.0278. The van der Waals surface area contributed by atoms with Crippen LogP contribution in [0.25, 0.3) is 0 Å². The van der Waals surface area contributed by atoms with Gasteiger partial charge in [0, 0.05) is 18.8 Å². The predicted molar refractivity (Wildman–Crippen MR) is 78.6 cm³/mol. The van der Waals surface area contributed by atoms with Gasteiger partial charge in [-0.3, -0.25) is 4.79 Å². The van der Waals surface area contributed by atoms with Crippen LogP contribution >= 0.6 is 0 Å². The number of amides is 1. The Bertz CT molecular complexity index is 538. The summed E-state index contributed by atoms with van der Waals surface area (Å²) in [4.78, 5) is 25.0. The number of hydrogen-bond acceptors (Lipinski definition) is 4. The van der Waals surface area contributed by atoms with E-state index in [1.165, 1.54) is 6.07 Å². The molecule has 0 bridgehead atoms. The number of anilines is 1. The first kappa shape index (κ1) is 15.3. The smallest absolute Gasteiger partial charge is 0.335 e. The van der Waals surface area contributed by atoms with E-state index in [-0.39, 0.29) is 17.5 Å². The first-order valence-electron chi connectivity index (χ1n) is 6.96. The number of ether oxygens (including phenoxy) is 1. The maximum atomic E-state index is 12.3. The summed E-state index contributed by atoms with van der Waals surface area (Å²) in [6.45, 7) is 6.00. The molecule has 1 atom stereocenters. The lowest BCUT2D eigenvalue weighted by Gasteiger charge is -2.30. The number of carboxylic acids is 1. The summed E-state index contributed by atoms with van der Waals surface area (Å²) < 4.78 is 5.23. The van der Waals surface area contributed by atoms with Crippen LogP contribution in [0.3, 0.4) is 0 Å². The van der Waals surface area contributed by atoms with Crippen molar-refractivity contribution in [1.82, 2.24) is 4.90 Å². The number of carboxylic acid groups (broad SMARTS) is 1. The van der Waals surface area contributed by atoms with Gasteiger partial charge in [0.05, 0.1) is 18.8 Å². The summed E-state index contributed by atoms with van der Waals surface area (Å²) in [5.41, 5.74) is 1.82. The highest BCUT2D eigenvalue weighted by Crippen LogP contribution is 2.18. The number of nitrogens with one attached hydrogen (secondary N) is 1. The largest absolute Gasteiger partial charge is 0.478 e. The molecule has 0 aromatic heterocycles. The molecule has 1 heterocycles. The molecule has 6 heteroatoms. The average molecular weight is 292 g/mol. The van der Waals surface area contributed by atoms with E-state index in [0.29, 0.717) is 26.3 Å². The first-order valence-corrected chi connectivity index (χ1v) is 6.96. The number of aromatic carboxylic acids is 1. The lowest BCUT2D eigenvalue weighted by molar-refractivity contribution is -0.135. The van der Waals surface area contributed by atoms with Crippen molar-refractivity contribution in [2.24, 2.45) is 0 Å². The fourth-order valence-corrected chi connectivity index (χ4v) is 2.31. The van der Waals surface area contributed by atoms with Gasteiger partial charge in [-0.1, -0.05) is 0 Å². The monoisotopic (exact) mass is 292 g/mol. The second-order valence-corrected chi connectivity index (χ2v) is 5.14. The van der Waals surface area contributed by atoms with Gasteiger partial charge in [-0.2, -0.15) is 0 Å². The van der Waals surface area contributed by atoms with Gasteiger partial charge in [0.15, 0.2) is 0 Å². The molecule has 0 aliphatic carbocycles. The molecular formula is C15H20N2O4. The van der Waals surface area contributed by atoms with Gasteiger partial charge in [0.25, 0.3) is 0 Å². The topological polar surface area (TPSA) is 78.9 Å². The number of benzene rings is 1. The Morgan fingerprint density at radius 1 is 1.33 bits per heavy atom. The maximum Gasteiger partial charge on any atom is 0.335 e. The normalized spacial score (nSPS) is 16.4. The lowest BCUT2D eigenvalue weighted by atomic mass is 10.1. The van der Waals surface area contributed by atoms with Crippen LogP contribution in [0, 0.1) is 6.92 Å². The highest BCUT2D eigenvalue weighted by Gasteiger charge is 2.22. The fraction of sp³-hybridized carbons (Fsp3) is 0.467. The van der Waals surface area contributed by atoms with Gasteiger partial charge in [-0.15, -0.1) is 0 Å². The Hall–Kier alpha value is -2.08. The summed E-state index contributed by atoms with van der Waals surface area (Å²) in [6.07, 6.45) is 0. The first-order chi connectivity index (χ1) is 9.99. The Morgan fingerprint density at radius 2 is 2.00 bits per heavy atom. The van der Waals surface area contributed by atoms with E-state index >= 15 is 0 Å². The standard InChI is InChI=1S/C15H20N2O4/c1-10-9-12(15(19)20)3-4-13(10)16-11(2)14(18)17-5-7-21-8-6-17/h3-4,9,11,16H,5-8H2,1-2H3,(H,19,20). The maximum absolute atomic E-state index is 12.3. The van der Waals surface area contributed by atoms with Crippen LogP contribution in [0.4, 0.5) is 5.69 Å². The number of aryl methyl sites for hydroxylation is 1. The van der Waals surface area contributed by atoms with Crippen molar-refractivity contribution in [3.63, 3.8) is 0 Å². The SMILES string of the molecule is Cc1cc(C(=O)O)ccc1NC(C)C(=O)N1CCOCC1. The second kappa shape index (κ2) is 6.58. The number of morpholine rings is 1. The van der Waals surface area contributed by atoms with Gasteiger partial charge in [0.2, 0.25) is 5.91 Å². The third kappa shape index (κ3) is 3.72. The van der Waals surface area contributed by atoms with Crippen LogP contribution in [0.5, 0.6) is 0 Å². The lowest BCUT2D eigenvalue weighted by Crippen LogP contribution is -2.47. The van der Waals surface area contributed by atoms with Crippen molar-refractivity contribution in [1.29, 1.82) is 0 Å². The molecule has 1 aliphatic rings. The quantitative estimate of drug-likeness (QED) is 0.876. The van der Waals surface area contributed by atoms with Crippen LogP contribution < -0.4 is 5.32 Å². The van der Waals surface area contributed by atoms with Crippen LogP contribution in [0.2, 0.25) is 0 Å². The zero-order valence-electron chi connectivity index (χ0n) is 12.3. The molecule has 0 spiro atoms. The molecule has 1 aliphatic heterocycles. The van der Waals surface area contributed by atoms with Crippen LogP contribution in [0.1, 0.15) is 22.8 Å². The van der Waals surface area contributed by atoms with Crippen molar-refractivity contribution in [3.05, 3.63) is 29.3 Å². The molecule has 1 unspecified atom stereocenters. The van der Waals surface area contributed by atoms with Gasteiger partial charge < -0.3 is 20.1 Å². The highest BCUT2D eigenvalue weighted by molar-refractivity contribution is 5.89. The number of rotatable bonds is 4. The van der Waals surface area contributed by atoms with Crippen LogP contribution in [-0.2, 0) is 9.53 Å². The van der Waals surface area contributed by atoms with Crippen LogP contribution in [-0.4, -0.2) is 54.2 Å². The summed E-state index contributed by atoms with van der Waals surface area (Å²) in [6, 6.07) is 4.46. The summed E-state index contributed by atoms with van der Waals surface area (Å²) in [5.74, 6) is -0.929. The Labute approximate surface area is 123 Å². The minimum atomic E-state index is -0.956. The zero-order valence-corrected chi connectivity index (χ0v) is 12.3. The summed E-state index contributed by atoms with van der Waals surface area (Å²) >= 11 is 0. The van der Waals surface area contributed by atoms with Crippen molar-refractivity contribution < 1.29 is 19.4 Å². The van der Waals surface area contributed by atoms with Crippen molar-refractivity contribution in [2.45, 2.75) is 19.9 Å². The zero-order chi connectivity index (χ0) is 15.4. The van der Waals surface area contributed by atoms with E-state index in [1.54, 1.807) is 17.0 Å². The average Bonchev–Trinajstić information content (AvgIpc) is 2.49. The summed E-state index contributed by atoms with van der Waals surface area (Å²) in [7, 11) is 0. The van der Waals surface area contributed by atoms with E-state index in [9.17, 15) is 9.59 Å². The third-order valence-electron chi connectivity index (χ3n) is 3.54. The molecule has 1 aromatic carbocycles. The van der Waals surface area contributed by atoms with E-state index in [0.717, 1.165) is 11.3 Å². The molecule has 21 heavy (non-hydrogen) atoms. The molecule has 2 N–H and O–H groups in total. The molecule has 6 nitrogen and oxygen atoms in total. The van der Waals surface area contributed by atoms with Gasteiger partial charge in [-0.25, -0.2) is 4.79 Å². The Kier molecular flexibility index (Phi) is 4.80. The molecule has 114 valence electrons. The molecule has 0 radical (unpaired) electrons. The molecule has 1 aromatic rings. The molecule has 2 rings (SSSR count). The van der Waals surface area contributed by atoms with Crippen molar-refractivity contribution in [2.75, 3.05) is 31.6 Å². The Balaban J connectivity index is 2.03. The van der Waals surface area contributed by atoms with E-state index < -0.39 is 5.97 Å². The van der Waals surface area contributed by atoms with Crippen LogP contribution in [0.15, 0.2) is 18.2 Å². The molecular weight excluding hydrogens is 272 g/mol. The van der Waals surface area contributed by atoms with Gasteiger partial charge >= 0.3 is 5.97 Å². The Morgan fingerprint density at radius 3 is 2.57 bits per heavy atom. The van der Waals surface area contributed by atoms with Gasteiger partial charge in [0.1, 0.15) is 6.04 Å². The number of hydrogen-bond donors (Lipinski definition) is 2. The van der Waals surface area contributed by atoms with Crippen molar-refractivity contribution in [3.8, 4) is 0 Å². The van der Waals surface area contributed by atoms with E-state index in [2.05, 4.69) is 5.32 Å². The molecule has 0 saturated carbocycles. The predicted octanol–water partition coefficient (Wildman–Crippen LogP) is 1.35. The highest BCUT2D eigenvalue weighted by atomic mass is 16.5. The van der Waals surface area contributed by atoms with E-state index in [1.807, 2.05) is 13.8 Å². The number of carbonyl (C=O) groups is 2. The molecule has 1 amide bonds. The molecule has 1 saturated heterocycles. The third-order valence-corrected chi connectivity index (χ3v) is 3.54. The van der Waals surface area contributed by atoms with E-state index in [4.69, 9.17) is 9.84 Å². The number of carbonyl (C=O) groups excluding carboxylic acids is 1. The van der Waals surface area contributed by atoms with Gasteiger partial charge in [-0.05, 0) is 37.6 Å². The van der Waals surface area contributed by atoms with Crippen molar-refractivity contribution >= 4 is 17.6 Å². The number of nitrogens with zero attached hydrogens (tertiary/aromatic N) is 1. The fourth-order valence-electron chi connectivity index (χ4n) is 2.31. The second-order valence-electron chi connectivity index (χ2n) is 5.14.